The maximum atomic E-state index is 12.1. The number of rotatable bonds is 4. The first-order valence-electron chi connectivity index (χ1n) is 7.18. The maximum absolute atomic E-state index is 12.1. The van der Waals surface area contributed by atoms with E-state index in [9.17, 15) is 25.1 Å². The van der Waals surface area contributed by atoms with Crippen LogP contribution in [-0.2, 0) is 7.55 Å². The molecular formula is C15H16INO7Si. The molecule has 2 aromatic carbocycles. The van der Waals surface area contributed by atoms with E-state index in [1.165, 1.54) is 18.2 Å². The minimum atomic E-state index is -1.30. The van der Waals surface area contributed by atoms with Crippen molar-refractivity contribution in [3.05, 3.63) is 28.3 Å². The summed E-state index contributed by atoms with van der Waals surface area (Å²) in [6.45, 7) is 4.85. The average Bonchev–Trinajstić information content (AvgIpc) is 2.51. The van der Waals surface area contributed by atoms with Gasteiger partial charge in [-0.05, 0) is 38.3 Å². The zero-order chi connectivity index (χ0) is 18.9. The third-order valence-corrected chi connectivity index (χ3v) is 5.36. The van der Waals surface area contributed by atoms with Crippen LogP contribution in [-0.4, -0.2) is 30.9 Å². The van der Waals surface area contributed by atoms with Gasteiger partial charge in [0.25, 0.3) is 0 Å². The first-order chi connectivity index (χ1) is 11.6. The van der Waals surface area contributed by atoms with Gasteiger partial charge in [-0.15, -0.1) is 0 Å². The largest absolute Gasteiger partial charge is 0.504 e. The van der Waals surface area contributed by atoms with Crippen molar-refractivity contribution in [1.82, 2.24) is 0 Å². The summed E-state index contributed by atoms with van der Waals surface area (Å²) in [6, 6.07) is 3.91. The summed E-state index contributed by atoms with van der Waals surface area (Å²) in [5, 5.41) is 32.5. The molecule has 0 aliphatic heterocycles. The molecule has 0 radical (unpaired) electrons. The average molecular weight is 477 g/mol. The van der Waals surface area contributed by atoms with Crippen LogP contribution in [0.25, 0.3) is 10.8 Å². The number of nitro groups is 1. The lowest BCUT2D eigenvalue weighted by atomic mass is 9.97. The van der Waals surface area contributed by atoms with Crippen molar-refractivity contribution in [3.63, 3.8) is 0 Å². The van der Waals surface area contributed by atoms with Gasteiger partial charge in [0.2, 0.25) is 15.5 Å². The summed E-state index contributed by atoms with van der Waals surface area (Å²) in [4.78, 5) is 22.7. The van der Waals surface area contributed by atoms with Crippen LogP contribution in [0.4, 0.5) is 5.69 Å². The first-order valence-corrected chi connectivity index (χ1v) is 9.34. The summed E-state index contributed by atoms with van der Waals surface area (Å²) in [6.07, 6.45) is 0. The molecule has 10 heteroatoms. The lowest BCUT2D eigenvalue weighted by molar-refractivity contribution is -0.385. The molecule has 25 heavy (non-hydrogen) atoms. The number of aromatic hydroxyl groups is 2. The number of nitrogens with zero attached hydrogens (tertiary/aromatic N) is 1. The SMILES string of the molecule is CC(C)(C)C(=O)Oc1cc2c(O)c(O)c([SiH2]OI)cc2cc1[N+](=O)[O-]. The second-order valence-corrected chi connectivity index (χ2v) is 9.56. The van der Waals surface area contributed by atoms with Crippen molar-refractivity contribution in [2.45, 2.75) is 20.8 Å². The predicted molar refractivity (Wildman–Crippen MR) is 102 cm³/mol. The molecule has 0 unspecified atom stereocenters. The Morgan fingerprint density at radius 3 is 2.40 bits per heavy atom. The highest BCUT2D eigenvalue weighted by Gasteiger charge is 2.28. The summed E-state index contributed by atoms with van der Waals surface area (Å²) in [5.74, 6) is -1.71. The van der Waals surface area contributed by atoms with E-state index in [1.807, 2.05) is 0 Å². The molecule has 0 amide bonds. The smallest absolute Gasteiger partial charge is 0.316 e. The van der Waals surface area contributed by atoms with Crippen LogP contribution in [0, 0.1) is 15.5 Å². The molecule has 0 spiro atoms. The standard InChI is InChI=1S/C15H16INO7Si/c1-15(2,3)14(20)23-10-6-8-7(4-9(10)17(21)22)5-11(25-24-16)13(19)12(8)18/h4-6,18-19H,25H2,1-3H3. The number of hydrogen-bond donors (Lipinski definition) is 2. The number of phenolic OH excluding ortho intramolecular Hbond substituents is 2. The highest BCUT2D eigenvalue weighted by atomic mass is 127. The van der Waals surface area contributed by atoms with Crippen LogP contribution in [0.15, 0.2) is 18.2 Å². The minimum Gasteiger partial charge on any atom is -0.504 e. The molecule has 0 saturated heterocycles. The molecule has 134 valence electrons. The number of fused-ring (bicyclic) bond motifs is 1. The van der Waals surface area contributed by atoms with Gasteiger partial charge in [0.15, 0.2) is 11.5 Å². The lowest BCUT2D eigenvalue weighted by Crippen LogP contribution is -2.25. The van der Waals surface area contributed by atoms with Crippen LogP contribution in [0.1, 0.15) is 20.8 Å². The zero-order valence-corrected chi connectivity index (χ0v) is 17.3. The molecule has 2 N–H and O–H groups in total. The molecular weight excluding hydrogens is 461 g/mol. The van der Waals surface area contributed by atoms with Crippen molar-refractivity contribution in [2.75, 3.05) is 0 Å². The molecule has 0 atom stereocenters. The molecule has 0 aliphatic carbocycles. The molecule has 0 saturated carbocycles. The Balaban J connectivity index is 2.68. The van der Waals surface area contributed by atoms with Crippen LogP contribution < -0.4 is 9.92 Å². The molecule has 0 heterocycles. The van der Waals surface area contributed by atoms with Gasteiger partial charge < -0.3 is 17.7 Å². The number of hydrogen-bond acceptors (Lipinski definition) is 7. The predicted octanol–water partition coefficient (Wildman–Crippen LogP) is 2.19. The van der Waals surface area contributed by atoms with Gasteiger partial charge in [-0.2, -0.15) is 0 Å². The second kappa shape index (κ2) is 7.13. The number of phenols is 2. The first kappa shape index (κ1) is 19.4. The lowest BCUT2D eigenvalue weighted by Gasteiger charge is -2.17. The molecule has 2 rings (SSSR count). The van der Waals surface area contributed by atoms with Crippen LogP contribution in [0.2, 0.25) is 0 Å². The number of carbonyl (C=O) groups excluding carboxylic acids is 1. The zero-order valence-electron chi connectivity index (χ0n) is 13.7. The van der Waals surface area contributed by atoms with Gasteiger partial charge in [0, 0.05) is 16.6 Å². The van der Waals surface area contributed by atoms with Gasteiger partial charge >= 0.3 is 11.7 Å². The second-order valence-electron chi connectivity index (χ2n) is 6.42. The molecule has 0 aliphatic rings. The molecule has 0 aromatic heterocycles. The quantitative estimate of drug-likeness (QED) is 0.132. The fourth-order valence-corrected chi connectivity index (χ4v) is 3.82. The highest BCUT2D eigenvalue weighted by Crippen LogP contribution is 2.39. The fraction of sp³-hybridized carbons (Fsp3) is 0.267. The molecule has 0 fully saturated rings. The van der Waals surface area contributed by atoms with E-state index in [4.69, 9.17) is 7.49 Å². The Hall–Kier alpha value is -1.92. The highest BCUT2D eigenvalue weighted by molar-refractivity contribution is 14.1. The monoisotopic (exact) mass is 477 g/mol. The van der Waals surface area contributed by atoms with Gasteiger partial charge in [-0.3, -0.25) is 14.9 Å². The van der Waals surface area contributed by atoms with Crippen LogP contribution in [0.3, 0.4) is 0 Å². The van der Waals surface area contributed by atoms with E-state index in [0.717, 1.165) is 0 Å². The Kier molecular flexibility index (Phi) is 5.54. The third-order valence-electron chi connectivity index (χ3n) is 3.47. The van der Waals surface area contributed by atoms with Crippen LogP contribution >= 0.6 is 23.0 Å². The van der Waals surface area contributed by atoms with E-state index in [2.05, 4.69) is 0 Å². The topological polar surface area (TPSA) is 119 Å². The Bertz CT molecular complexity index is 863. The molecule has 8 nitrogen and oxygen atoms in total. The summed E-state index contributed by atoms with van der Waals surface area (Å²) in [7, 11) is -1.30. The number of ether oxygens (including phenoxy) is 1. The van der Waals surface area contributed by atoms with E-state index < -0.39 is 37.5 Å². The van der Waals surface area contributed by atoms with Gasteiger partial charge in [-0.1, -0.05) is 0 Å². The number of esters is 1. The number of benzene rings is 2. The van der Waals surface area contributed by atoms with Crippen LogP contribution in [0.5, 0.6) is 17.2 Å². The van der Waals surface area contributed by atoms with E-state index in [-0.39, 0.29) is 16.9 Å². The minimum absolute atomic E-state index is 0.144. The Labute approximate surface area is 159 Å². The van der Waals surface area contributed by atoms with Gasteiger partial charge in [0.05, 0.1) is 33.3 Å². The summed E-state index contributed by atoms with van der Waals surface area (Å²) < 4.78 is 10.2. The van der Waals surface area contributed by atoms with Crippen molar-refractivity contribution in [1.29, 1.82) is 0 Å². The summed E-state index contributed by atoms with van der Waals surface area (Å²) >= 11 is 1.69. The summed E-state index contributed by atoms with van der Waals surface area (Å²) in [5.41, 5.74) is -1.27. The third kappa shape index (κ3) is 4.02. The van der Waals surface area contributed by atoms with Gasteiger partial charge in [-0.25, -0.2) is 0 Å². The van der Waals surface area contributed by atoms with E-state index >= 15 is 0 Å². The van der Waals surface area contributed by atoms with E-state index in [0.29, 0.717) is 10.6 Å². The normalized spacial score (nSPS) is 12.0. The van der Waals surface area contributed by atoms with Crippen molar-refractivity contribution in [3.8, 4) is 17.2 Å². The van der Waals surface area contributed by atoms with Crippen molar-refractivity contribution in [2.24, 2.45) is 5.41 Å². The molecule has 2 aromatic rings. The van der Waals surface area contributed by atoms with Crippen molar-refractivity contribution >= 4 is 60.4 Å². The number of carbonyl (C=O) groups is 1. The fourth-order valence-electron chi connectivity index (χ4n) is 2.09. The Morgan fingerprint density at radius 1 is 1.24 bits per heavy atom. The molecule has 0 bridgehead atoms. The number of nitro benzene ring substituents is 1. The van der Waals surface area contributed by atoms with Crippen molar-refractivity contribution < 1.29 is 27.4 Å². The van der Waals surface area contributed by atoms with E-state index in [1.54, 1.807) is 43.8 Å². The maximum Gasteiger partial charge on any atom is 0.316 e. The Morgan fingerprint density at radius 2 is 1.88 bits per heavy atom. The number of halogens is 1. The van der Waals surface area contributed by atoms with Gasteiger partial charge in [0.1, 0.15) is 0 Å².